The molecule has 2 atom stereocenters. The van der Waals surface area contributed by atoms with Gasteiger partial charge >= 0.3 is 11.9 Å². The first-order valence-corrected chi connectivity index (χ1v) is 9.07. The van der Waals surface area contributed by atoms with Crippen molar-refractivity contribution in [2.45, 2.75) is 32.0 Å². The number of carbonyl (C=O) groups is 2. The smallest absolute Gasteiger partial charge is 0.338 e. The van der Waals surface area contributed by atoms with Gasteiger partial charge < -0.3 is 14.2 Å². The van der Waals surface area contributed by atoms with Crippen LogP contribution in [0.3, 0.4) is 0 Å². The lowest BCUT2D eigenvalue weighted by Crippen LogP contribution is -2.45. The van der Waals surface area contributed by atoms with Crippen LogP contribution in [0.1, 0.15) is 38.3 Å². The standard InChI is InChI=1S/C23H22O5/c1-4-23(15-26-21(24)18-9-5-16(2)6-10-18)20(13-14-27-23)28-22(25)19-11-7-17(3)8-12-19/h1,5-12,20H,13-15H2,2-3H3/t20-,23?/m0/s1. The second kappa shape index (κ2) is 8.28. The van der Waals surface area contributed by atoms with Crippen LogP contribution < -0.4 is 0 Å². The van der Waals surface area contributed by atoms with Gasteiger partial charge in [-0.15, -0.1) is 6.42 Å². The Morgan fingerprint density at radius 1 is 1.04 bits per heavy atom. The van der Waals surface area contributed by atoms with E-state index in [1.165, 1.54) is 0 Å². The fourth-order valence-corrected chi connectivity index (χ4v) is 2.97. The van der Waals surface area contributed by atoms with E-state index in [-0.39, 0.29) is 6.61 Å². The predicted octanol–water partition coefficient (Wildman–Crippen LogP) is 3.48. The largest absolute Gasteiger partial charge is 0.458 e. The molecule has 0 radical (unpaired) electrons. The molecular formula is C23H22O5. The highest BCUT2D eigenvalue weighted by molar-refractivity contribution is 5.90. The number of hydrogen-bond donors (Lipinski definition) is 0. The monoisotopic (exact) mass is 378 g/mol. The molecule has 2 aromatic carbocycles. The first-order valence-electron chi connectivity index (χ1n) is 9.07. The minimum absolute atomic E-state index is 0.192. The summed E-state index contributed by atoms with van der Waals surface area (Å²) in [6.07, 6.45) is 5.42. The molecule has 0 aliphatic carbocycles. The summed E-state index contributed by atoms with van der Waals surface area (Å²) in [5.74, 6) is 1.54. The minimum atomic E-state index is -1.29. The first kappa shape index (κ1) is 19.7. The Hall–Kier alpha value is -3.10. The lowest BCUT2D eigenvalue weighted by atomic mass is 9.98. The second-order valence-corrected chi connectivity index (χ2v) is 6.87. The summed E-state index contributed by atoms with van der Waals surface area (Å²) in [4.78, 5) is 24.8. The van der Waals surface area contributed by atoms with Crippen molar-refractivity contribution in [2.75, 3.05) is 13.2 Å². The summed E-state index contributed by atoms with van der Waals surface area (Å²) in [7, 11) is 0. The molecular weight excluding hydrogens is 356 g/mol. The SMILES string of the molecule is C#CC1(COC(=O)c2ccc(C)cc2)OCC[C@@H]1OC(=O)c1ccc(C)cc1. The van der Waals surface area contributed by atoms with Gasteiger partial charge in [0.15, 0.2) is 5.60 Å². The number of terminal acetylenes is 1. The van der Waals surface area contributed by atoms with Crippen LogP contribution in [0, 0.1) is 26.2 Å². The van der Waals surface area contributed by atoms with Crippen LogP contribution in [-0.2, 0) is 14.2 Å². The Morgan fingerprint density at radius 3 is 2.11 bits per heavy atom. The maximum atomic E-state index is 12.5. The Balaban J connectivity index is 1.67. The van der Waals surface area contributed by atoms with Crippen LogP contribution >= 0.6 is 0 Å². The lowest BCUT2D eigenvalue weighted by Gasteiger charge is -2.28. The third-order valence-electron chi connectivity index (χ3n) is 4.75. The van der Waals surface area contributed by atoms with Gasteiger partial charge in [-0.1, -0.05) is 41.3 Å². The van der Waals surface area contributed by atoms with E-state index in [4.69, 9.17) is 20.6 Å². The zero-order chi connectivity index (χ0) is 20.1. The quantitative estimate of drug-likeness (QED) is 0.589. The lowest BCUT2D eigenvalue weighted by molar-refractivity contribution is -0.0653. The second-order valence-electron chi connectivity index (χ2n) is 6.87. The average molecular weight is 378 g/mol. The van der Waals surface area contributed by atoms with Crippen LogP contribution in [0.5, 0.6) is 0 Å². The van der Waals surface area contributed by atoms with E-state index >= 15 is 0 Å². The van der Waals surface area contributed by atoms with E-state index in [0.29, 0.717) is 24.2 Å². The van der Waals surface area contributed by atoms with Gasteiger partial charge in [0.05, 0.1) is 17.7 Å². The van der Waals surface area contributed by atoms with Crippen molar-refractivity contribution in [3.63, 3.8) is 0 Å². The molecule has 1 saturated heterocycles. The van der Waals surface area contributed by atoms with Gasteiger partial charge in [0.25, 0.3) is 0 Å². The molecule has 144 valence electrons. The molecule has 1 fully saturated rings. The Bertz CT molecular complexity index is 892. The van der Waals surface area contributed by atoms with Crippen LogP contribution in [0.25, 0.3) is 0 Å². The number of aryl methyl sites for hydroxylation is 2. The summed E-state index contributed by atoms with van der Waals surface area (Å²) in [6.45, 7) is 3.99. The average Bonchev–Trinajstić information content (AvgIpc) is 3.10. The minimum Gasteiger partial charge on any atom is -0.458 e. The molecule has 0 amide bonds. The predicted molar refractivity (Wildman–Crippen MR) is 104 cm³/mol. The van der Waals surface area contributed by atoms with Crippen molar-refractivity contribution in [1.29, 1.82) is 0 Å². The molecule has 1 unspecified atom stereocenters. The summed E-state index contributed by atoms with van der Waals surface area (Å²) < 4.78 is 16.7. The summed E-state index contributed by atoms with van der Waals surface area (Å²) in [6, 6.07) is 14.1. The summed E-state index contributed by atoms with van der Waals surface area (Å²) in [5.41, 5.74) is 1.64. The number of carbonyl (C=O) groups excluding carboxylic acids is 2. The van der Waals surface area contributed by atoms with E-state index in [1.807, 2.05) is 38.1 Å². The van der Waals surface area contributed by atoms with E-state index in [1.54, 1.807) is 24.3 Å². The molecule has 5 nitrogen and oxygen atoms in total. The van der Waals surface area contributed by atoms with E-state index in [0.717, 1.165) is 11.1 Å². The number of ether oxygens (including phenoxy) is 3. The van der Waals surface area contributed by atoms with Gasteiger partial charge in [-0.05, 0) is 38.1 Å². The molecule has 0 N–H and O–H groups in total. The topological polar surface area (TPSA) is 61.8 Å². The summed E-state index contributed by atoms with van der Waals surface area (Å²) >= 11 is 0. The normalized spacial score (nSPS) is 21.0. The van der Waals surface area contributed by atoms with Crippen molar-refractivity contribution in [2.24, 2.45) is 0 Å². The fraction of sp³-hybridized carbons (Fsp3) is 0.304. The zero-order valence-corrected chi connectivity index (χ0v) is 15.9. The van der Waals surface area contributed by atoms with Gasteiger partial charge in [-0.25, -0.2) is 9.59 Å². The molecule has 2 aromatic rings. The molecule has 28 heavy (non-hydrogen) atoms. The Kier molecular flexibility index (Phi) is 5.81. The van der Waals surface area contributed by atoms with Gasteiger partial charge in [-0.3, -0.25) is 0 Å². The molecule has 5 heteroatoms. The first-order chi connectivity index (χ1) is 13.4. The maximum absolute atomic E-state index is 12.5. The molecule has 0 aromatic heterocycles. The van der Waals surface area contributed by atoms with Gasteiger partial charge in [0, 0.05) is 6.42 Å². The van der Waals surface area contributed by atoms with Crippen molar-refractivity contribution in [3.05, 3.63) is 70.8 Å². The number of rotatable bonds is 5. The zero-order valence-electron chi connectivity index (χ0n) is 15.9. The highest BCUT2D eigenvalue weighted by atomic mass is 16.6. The van der Waals surface area contributed by atoms with Crippen LogP contribution in [0.4, 0.5) is 0 Å². The van der Waals surface area contributed by atoms with Gasteiger partial charge in [-0.2, -0.15) is 0 Å². The third kappa shape index (κ3) is 4.24. The highest BCUT2D eigenvalue weighted by Gasteiger charge is 2.47. The third-order valence-corrected chi connectivity index (χ3v) is 4.75. The molecule has 1 heterocycles. The molecule has 3 rings (SSSR count). The van der Waals surface area contributed by atoms with E-state index in [2.05, 4.69) is 5.92 Å². The van der Waals surface area contributed by atoms with E-state index < -0.39 is 23.6 Å². The van der Waals surface area contributed by atoms with Crippen LogP contribution in [0.15, 0.2) is 48.5 Å². The fourth-order valence-electron chi connectivity index (χ4n) is 2.97. The van der Waals surface area contributed by atoms with Crippen molar-refractivity contribution < 1.29 is 23.8 Å². The molecule has 0 bridgehead atoms. The van der Waals surface area contributed by atoms with Crippen LogP contribution in [0.2, 0.25) is 0 Å². The maximum Gasteiger partial charge on any atom is 0.338 e. The highest BCUT2D eigenvalue weighted by Crippen LogP contribution is 2.30. The van der Waals surface area contributed by atoms with Crippen molar-refractivity contribution in [1.82, 2.24) is 0 Å². The number of hydrogen-bond acceptors (Lipinski definition) is 5. The molecule has 1 aliphatic heterocycles. The molecule has 0 saturated carbocycles. The Morgan fingerprint density at radius 2 is 1.57 bits per heavy atom. The number of esters is 2. The molecule has 0 spiro atoms. The molecule has 1 aliphatic rings. The van der Waals surface area contributed by atoms with Gasteiger partial charge in [0.2, 0.25) is 0 Å². The number of benzene rings is 2. The van der Waals surface area contributed by atoms with Crippen molar-refractivity contribution in [3.8, 4) is 12.3 Å². The van der Waals surface area contributed by atoms with E-state index in [9.17, 15) is 9.59 Å². The van der Waals surface area contributed by atoms with Crippen molar-refractivity contribution >= 4 is 11.9 Å². The Labute approximate surface area is 164 Å². The van der Waals surface area contributed by atoms with Crippen LogP contribution in [-0.4, -0.2) is 36.9 Å². The summed E-state index contributed by atoms with van der Waals surface area (Å²) in [5, 5.41) is 0. The van der Waals surface area contributed by atoms with Gasteiger partial charge in [0.1, 0.15) is 12.7 Å².